The zero-order chi connectivity index (χ0) is 15.0. The molecule has 1 saturated heterocycles. The van der Waals surface area contributed by atoms with Gasteiger partial charge in [-0.15, -0.1) is 0 Å². The van der Waals surface area contributed by atoms with Crippen LogP contribution in [0.5, 0.6) is 0 Å². The lowest BCUT2D eigenvalue weighted by Crippen LogP contribution is -2.40. The minimum absolute atomic E-state index is 0.148. The Kier molecular flexibility index (Phi) is 3.43. The number of fused-ring (bicyclic) bond motifs is 1. The molecule has 0 saturated carbocycles. The van der Waals surface area contributed by atoms with E-state index in [4.69, 9.17) is 5.11 Å². The van der Waals surface area contributed by atoms with E-state index in [1.165, 1.54) is 6.07 Å². The first kappa shape index (κ1) is 14.0. The Hall–Kier alpha value is -1.92. The number of carboxylic acid groups (broad SMARTS) is 1. The first-order valence-electron chi connectivity index (χ1n) is 6.73. The predicted molar refractivity (Wildman–Crippen MR) is 78.5 cm³/mol. The van der Waals surface area contributed by atoms with Crippen molar-refractivity contribution in [3.63, 3.8) is 0 Å². The highest BCUT2D eigenvalue weighted by atomic mass is 32.2. The lowest BCUT2D eigenvalue weighted by Gasteiger charge is -2.21. The van der Waals surface area contributed by atoms with Gasteiger partial charge in [0.1, 0.15) is 6.04 Å². The molecule has 6 heteroatoms. The van der Waals surface area contributed by atoms with Crippen molar-refractivity contribution in [2.24, 2.45) is 0 Å². The van der Waals surface area contributed by atoms with Crippen molar-refractivity contribution in [1.29, 1.82) is 0 Å². The van der Waals surface area contributed by atoms with Crippen LogP contribution in [0, 0.1) is 0 Å². The van der Waals surface area contributed by atoms with Gasteiger partial charge >= 0.3 is 5.97 Å². The molecule has 110 valence electrons. The van der Waals surface area contributed by atoms with Crippen LogP contribution in [0.15, 0.2) is 47.4 Å². The molecule has 5 nitrogen and oxygen atoms in total. The summed E-state index contributed by atoms with van der Waals surface area (Å²) in [6.07, 6.45) is 0.936. The van der Waals surface area contributed by atoms with Crippen molar-refractivity contribution >= 4 is 26.8 Å². The standard InChI is InChI=1S/C15H15NO4S/c17-15(18)14-6-3-9-16(14)21(19,20)13-8-7-11-4-1-2-5-12(11)10-13/h1-2,4-5,7-8,10,14H,3,6,9H2,(H,17,18)/t14-/m0/s1. The van der Waals surface area contributed by atoms with Crippen LogP contribution in [-0.2, 0) is 14.8 Å². The Balaban J connectivity index is 2.05. The maximum absolute atomic E-state index is 12.7. The fourth-order valence-electron chi connectivity index (χ4n) is 2.74. The number of carboxylic acids is 1. The number of sulfonamides is 1. The molecule has 0 amide bonds. The minimum Gasteiger partial charge on any atom is -0.480 e. The van der Waals surface area contributed by atoms with Crippen molar-refractivity contribution in [1.82, 2.24) is 4.31 Å². The number of aliphatic carboxylic acids is 1. The highest BCUT2D eigenvalue weighted by Gasteiger charge is 2.39. The Morgan fingerprint density at radius 1 is 1.14 bits per heavy atom. The summed E-state index contributed by atoms with van der Waals surface area (Å²) < 4.78 is 26.4. The fraction of sp³-hybridized carbons (Fsp3) is 0.267. The Labute approximate surface area is 122 Å². The summed E-state index contributed by atoms with van der Waals surface area (Å²) in [5.41, 5.74) is 0. The molecule has 1 fully saturated rings. The van der Waals surface area contributed by atoms with Crippen LogP contribution < -0.4 is 0 Å². The number of nitrogens with zero attached hydrogens (tertiary/aromatic N) is 1. The topological polar surface area (TPSA) is 74.7 Å². The highest BCUT2D eigenvalue weighted by molar-refractivity contribution is 7.89. The van der Waals surface area contributed by atoms with Crippen molar-refractivity contribution in [2.75, 3.05) is 6.54 Å². The van der Waals surface area contributed by atoms with E-state index in [1.54, 1.807) is 12.1 Å². The second kappa shape index (κ2) is 5.13. The van der Waals surface area contributed by atoms with Crippen LogP contribution in [-0.4, -0.2) is 36.4 Å². The first-order chi connectivity index (χ1) is 10.00. The number of rotatable bonds is 3. The molecule has 2 aromatic carbocycles. The third-order valence-corrected chi connectivity index (χ3v) is 5.72. The molecule has 0 spiro atoms. The number of hydrogen-bond donors (Lipinski definition) is 1. The Morgan fingerprint density at radius 3 is 2.57 bits per heavy atom. The third kappa shape index (κ3) is 2.41. The zero-order valence-electron chi connectivity index (χ0n) is 11.3. The number of hydrogen-bond acceptors (Lipinski definition) is 3. The largest absolute Gasteiger partial charge is 0.480 e. The van der Waals surface area contributed by atoms with Gasteiger partial charge in [-0.3, -0.25) is 4.79 Å². The van der Waals surface area contributed by atoms with Crippen molar-refractivity contribution in [3.05, 3.63) is 42.5 Å². The summed E-state index contributed by atoms with van der Waals surface area (Å²) in [6, 6.07) is 11.4. The second-order valence-electron chi connectivity index (χ2n) is 5.12. The first-order valence-corrected chi connectivity index (χ1v) is 8.17. The van der Waals surface area contributed by atoms with E-state index < -0.39 is 22.0 Å². The molecule has 0 bridgehead atoms. The molecular formula is C15H15NO4S. The summed E-state index contributed by atoms with van der Waals surface area (Å²) >= 11 is 0. The average molecular weight is 305 g/mol. The molecule has 0 aliphatic carbocycles. The number of carbonyl (C=O) groups is 1. The van der Waals surface area contributed by atoms with Crippen LogP contribution in [0.3, 0.4) is 0 Å². The van der Waals surface area contributed by atoms with Crippen LogP contribution in [0.25, 0.3) is 10.8 Å². The zero-order valence-corrected chi connectivity index (χ0v) is 12.1. The molecule has 2 aromatic rings. The number of benzene rings is 2. The van der Waals surface area contributed by atoms with Gasteiger partial charge in [0.15, 0.2) is 0 Å². The summed E-state index contributed by atoms with van der Waals surface area (Å²) in [7, 11) is -3.77. The molecule has 1 aliphatic rings. The monoisotopic (exact) mass is 305 g/mol. The van der Waals surface area contributed by atoms with E-state index in [0.717, 1.165) is 15.1 Å². The summed E-state index contributed by atoms with van der Waals surface area (Å²) in [4.78, 5) is 11.3. The van der Waals surface area contributed by atoms with Crippen molar-refractivity contribution < 1.29 is 18.3 Å². The quantitative estimate of drug-likeness (QED) is 0.942. The van der Waals surface area contributed by atoms with Crippen LogP contribution in [0.1, 0.15) is 12.8 Å². The smallest absolute Gasteiger partial charge is 0.322 e. The van der Waals surface area contributed by atoms with Gasteiger partial charge in [-0.05, 0) is 35.7 Å². The highest BCUT2D eigenvalue weighted by Crippen LogP contribution is 2.28. The van der Waals surface area contributed by atoms with Crippen molar-refractivity contribution in [2.45, 2.75) is 23.8 Å². The van der Waals surface area contributed by atoms with Crippen LogP contribution >= 0.6 is 0 Å². The molecule has 3 rings (SSSR count). The van der Waals surface area contributed by atoms with Gasteiger partial charge < -0.3 is 5.11 Å². The molecule has 0 aromatic heterocycles. The lowest BCUT2D eigenvalue weighted by atomic mass is 10.1. The van der Waals surface area contributed by atoms with Gasteiger partial charge in [-0.25, -0.2) is 8.42 Å². The molecule has 0 radical (unpaired) electrons. The van der Waals surface area contributed by atoms with E-state index in [2.05, 4.69) is 0 Å². The van der Waals surface area contributed by atoms with E-state index in [0.29, 0.717) is 12.8 Å². The van der Waals surface area contributed by atoms with Gasteiger partial charge in [0.25, 0.3) is 0 Å². The maximum atomic E-state index is 12.7. The molecule has 1 N–H and O–H groups in total. The van der Waals surface area contributed by atoms with Gasteiger partial charge in [0.2, 0.25) is 10.0 Å². The SMILES string of the molecule is O=C(O)[C@@H]1CCCN1S(=O)(=O)c1ccc2ccccc2c1. The van der Waals surface area contributed by atoms with E-state index in [-0.39, 0.29) is 11.4 Å². The van der Waals surface area contributed by atoms with Gasteiger partial charge in [-0.1, -0.05) is 30.3 Å². The molecule has 0 unspecified atom stereocenters. The molecule has 1 aliphatic heterocycles. The van der Waals surface area contributed by atoms with E-state index >= 15 is 0 Å². The molecular weight excluding hydrogens is 290 g/mol. The average Bonchev–Trinajstić information content (AvgIpc) is 2.97. The molecule has 21 heavy (non-hydrogen) atoms. The van der Waals surface area contributed by atoms with Gasteiger partial charge in [0, 0.05) is 6.54 Å². The molecule has 1 atom stereocenters. The van der Waals surface area contributed by atoms with Crippen LogP contribution in [0.4, 0.5) is 0 Å². The normalized spacial score (nSPS) is 19.9. The Bertz CT molecular complexity index is 800. The minimum atomic E-state index is -3.77. The van der Waals surface area contributed by atoms with E-state index in [9.17, 15) is 13.2 Å². The van der Waals surface area contributed by atoms with E-state index in [1.807, 2.05) is 24.3 Å². The third-order valence-electron chi connectivity index (χ3n) is 3.82. The van der Waals surface area contributed by atoms with Crippen molar-refractivity contribution in [3.8, 4) is 0 Å². The summed E-state index contributed by atoms with van der Waals surface area (Å²) in [5.74, 6) is -1.09. The maximum Gasteiger partial charge on any atom is 0.322 e. The van der Waals surface area contributed by atoms with Gasteiger partial charge in [-0.2, -0.15) is 4.31 Å². The second-order valence-corrected chi connectivity index (χ2v) is 7.01. The predicted octanol–water partition coefficient (Wildman–Crippen LogP) is 2.08. The van der Waals surface area contributed by atoms with Crippen LogP contribution in [0.2, 0.25) is 0 Å². The fourth-order valence-corrected chi connectivity index (χ4v) is 4.42. The Morgan fingerprint density at radius 2 is 1.86 bits per heavy atom. The lowest BCUT2D eigenvalue weighted by molar-refractivity contribution is -0.140. The molecule has 1 heterocycles. The summed E-state index contributed by atoms with van der Waals surface area (Å²) in [6.45, 7) is 0.256. The summed E-state index contributed by atoms with van der Waals surface area (Å²) in [5, 5.41) is 10.9. The van der Waals surface area contributed by atoms with Gasteiger partial charge in [0.05, 0.1) is 4.90 Å².